The summed E-state index contributed by atoms with van der Waals surface area (Å²) in [5.74, 6) is -0.775. The van der Waals surface area contributed by atoms with Crippen LogP contribution >= 0.6 is 0 Å². The first-order chi connectivity index (χ1) is 14.4. The monoisotopic (exact) mass is 415 g/mol. The first-order valence-electron chi connectivity index (χ1n) is 9.95. The van der Waals surface area contributed by atoms with Crippen molar-refractivity contribution >= 4 is 12.1 Å². The van der Waals surface area contributed by atoms with Crippen LogP contribution in [0.25, 0.3) is 0 Å². The zero-order valence-electron chi connectivity index (χ0n) is 17.1. The third kappa shape index (κ3) is 4.46. The summed E-state index contributed by atoms with van der Waals surface area (Å²) < 4.78 is 24.0. The van der Waals surface area contributed by atoms with Crippen LogP contribution in [0.2, 0.25) is 0 Å². The molecule has 2 aromatic carbocycles. The molecule has 2 unspecified atom stereocenters. The Balaban J connectivity index is 1.78. The number of esters is 1. The maximum atomic E-state index is 13.4. The molecule has 0 spiro atoms. The Bertz CT molecular complexity index is 883. The van der Waals surface area contributed by atoms with E-state index in [0.717, 1.165) is 11.1 Å². The van der Waals surface area contributed by atoms with Crippen LogP contribution in [-0.2, 0) is 15.1 Å². The van der Waals surface area contributed by atoms with E-state index in [9.17, 15) is 19.1 Å². The topological polar surface area (TPSA) is 76.1 Å². The summed E-state index contributed by atoms with van der Waals surface area (Å²) in [6, 6.07) is 12.6. The van der Waals surface area contributed by atoms with Crippen molar-refractivity contribution in [2.45, 2.75) is 37.8 Å². The van der Waals surface area contributed by atoms with E-state index >= 15 is 0 Å². The number of benzene rings is 2. The van der Waals surface area contributed by atoms with E-state index in [4.69, 9.17) is 9.47 Å². The summed E-state index contributed by atoms with van der Waals surface area (Å²) in [6.45, 7) is 2.32. The second-order valence-electron chi connectivity index (χ2n) is 7.43. The number of amides is 1. The van der Waals surface area contributed by atoms with Crippen molar-refractivity contribution < 1.29 is 28.6 Å². The molecule has 1 aliphatic rings. The Kier molecular flexibility index (Phi) is 6.72. The maximum Gasteiger partial charge on any atom is 0.411 e. The molecule has 6 nitrogen and oxygen atoms in total. The molecule has 160 valence electrons. The SMILES string of the molecule is COC(=O)c1ccc(C(C)N2CCC(CCCO)(c3ccc(F)cc3)OC2=O)cc1. The van der Waals surface area contributed by atoms with Gasteiger partial charge in [0.05, 0.1) is 18.7 Å². The summed E-state index contributed by atoms with van der Waals surface area (Å²) in [5, 5.41) is 9.29. The van der Waals surface area contributed by atoms with Gasteiger partial charge in [-0.1, -0.05) is 24.3 Å². The Morgan fingerprint density at radius 1 is 1.23 bits per heavy atom. The van der Waals surface area contributed by atoms with Gasteiger partial charge in [-0.3, -0.25) is 0 Å². The van der Waals surface area contributed by atoms with Crippen LogP contribution in [0.15, 0.2) is 48.5 Å². The fourth-order valence-electron chi connectivity index (χ4n) is 3.86. The number of nitrogens with zero attached hydrogens (tertiary/aromatic N) is 1. The zero-order valence-corrected chi connectivity index (χ0v) is 17.1. The van der Waals surface area contributed by atoms with Gasteiger partial charge in [0.1, 0.15) is 11.4 Å². The second-order valence-corrected chi connectivity index (χ2v) is 7.43. The molecule has 0 saturated carbocycles. The second kappa shape index (κ2) is 9.26. The molecule has 1 heterocycles. The highest BCUT2D eigenvalue weighted by molar-refractivity contribution is 5.89. The van der Waals surface area contributed by atoms with Gasteiger partial charge in [-0.05, 0) is 55.2 Å². The van der Waals surface area contributed by atoms with Gasteiger partial charge in [0.15, 0.2) is 0 Å². The molecule has 1 N–H and O–H groups in total. The Labute approximate surface area is 175 Å². The van der Waals surface area contributed by atoms with Crippen molar-refractivity contribution in [1.29, 1.82) is 0 Å². The number of carbonyl (C=O) groups excluding carboxylic acids is 2. The van der Waals surface area contributed by atoms with Crippen molar-refractivity contribution in [3.8, 4) is 0 Å². The van der Waals surface area contributed by atoms with Gasteiger partial charge in [0, 0.05) is 19.6 Å². The number of methoxy groups -OCH3 is 1. The number of cyclic esters (lactones) is 1. The number of hydrogen-bond acceptors (Lipinski definition) is 5. The fourth-order valence-corrected chi connectivity index (χ4v) is 3.86. The van der Waals surface area contributed by atoms with Gasteiger partial charge in [0.25, 0.3) is 0 Å². The first-order valence-corrected chi connectivity index (χ1v) is 9.95. The lowest BCUT2D eigenvalue weighted by molar-refractivity contribution is -0.0680. The van der Waals surface area contributed by atoms with E-state index in [1.807, 2.05) is 6.92 Å². The molecule has 0 aromatic heterocycles. The van der Waals surface area contributed by atoms with Crippen LogP contribution in [0.5, 0.6) is 0 Å². The average molecular weight is 415 g/mol. The Hall–Kier alpha value is -2.93. The lowest BCUT2D eigenvalue weighted by atomic mass is 9.84. The van der Waals surface area contributed by atoms with Crippen LogP contribution in [0.3, 0.4) is 0 Å². The molecule has 3 rings (SSSR count). The van der Waals surface area contributed by atoms with Gasteiger partial charge in [-0.2, -0.15) is 0 Å². The van der Waals surface area contributed by atoms with E-state index in [-0.39, 0.29) is 18.5 Å². The van der Waals surface area contributed by atoms with Gasteiger partial charge >= 0.3 is 12.1 Å². The highest BCUT2D eigenvalue weighted by Gasteiger charge is 2.43. The number of aliphatic hydroxyl groups is 1. The predicted octanol–water partition coefficient (Wildman–Crippen LogP) is 4.18. The van der Waals surface area contributed by atoms with E-state index in [1.165, 1.54) is 19.2 Å². The standard InChI is InChI=1S/C23H26FNO5/c1-16(17-4-6-18(7-5-17)21(27)29-2)25-14-13-23(12-3-15-26,30-22(25)28)19-8-10-20(24)11-9-19/h4-11,16,26H,3,12-15H2,1-2H3. The van der Waals surface area contributed by atoms with Gasteiger partial charge in [0.2, 0.25) is 0 Å². The number of carbonyl (C=O) groups is 2. The number of halogens is 1. The number of ether oxygens (including phenoxy) is 2. The van der Waals surface area contributed by atoms with E-state index < -0.39 is 17.7 Å². The van der Waals surface area contributed by atoms with E-state index in [0.29, 0.717) is 31.4 Å². The number of rotatable bonds is 7. The Morgan fingerprint density at radius 2 is 1.90 bits per heavy atom. The summed E-state index contributed by atoms with van der Waals surface area (Å²) in [4.78, 5) is 26.2. The normalized spacial score (nSPS) is 19.9. The fraction of sp³-hybridized carbons (Fsp3) is 0.391. The molecule has 2 atom stereocenters. The molecule has 1 aliphatic heterocycles. The van der Waals surface area contributed by atoms with Crippen LogP contribution in [0, 0.1) is 5.82 Å². The zero-order chi connectivity index (χ0) is 21.7. The molecule has 0 aliphatic carbocycles. The van der Waals surface area contributed by atoms with Crippen molar-refractivity contribution in [2.75, 3.05) is 20.3 Å². The van der Waals surface area contributed by atoms with Crippen LogP contribution < -0.4 is 0 Å². The molecule has 30 heavy (non-hydrogen) atoms. The minimum atomic E-state index is -0.890. The molecule has 1 amide bonds. The van der Waals surface area contributed by atoms with Crippen molar-refractivity contribution in [3.05, 3.63) is 71.0 Å². The molecule has 1 saturated heterocycles. The molecule has 1 fully saturated rings. The first kappa shape index (κ1) is 21.8. The molecule has 7 heteroatoms. The van der Waals surface area contributed by atoms with Gasteiger partial charge < -0.3 is 19.5 Å². The largest absolute Gasteiger partial charge is 0.465 e. The summed E-state index contributed by atoms with van der Waals surface area (Å²) in [5.41, 5.74) is 1.14. The average Bonchev–Trinajstić information content (AvgIpc) is 2.77. The highest BCUT2D eigenvalue weighted by atomic mass is 19.1. The van der Waals surface area contributed by atoms with Crippen molar-refractivity contribution in [3.63, 3.8) is 0 Å². The minimum Gasteiger partial charge on any atom is -0.465 e. The molecule has 2 aromatic rings. The predicted molar refractivity (Wildman–Crippen MR) is 108 cm³/mol. The summed E-state index contributed by atoms with van der Waals surface area (Å²) in [7, 11) is 1.33. The summed E-state index contributed by atoms with van der Waals surface area (Å²) >= 11 is 0. The minimum absolute atomic E-state index is 0.0207. The Morgan fingerprint density at radius 3 is 2.47 bits per heavy atom. The quantitative estimate of drug-likeness (QED) is 0.687. The van der Waals surface area contributed by atoms with Crippen molar-refractivity contribution in [1.82, 2.24) is 4.90 Å². The third-order valence-corrected chi connectivity index (χ3v) is 5.66. The lowest BCUT2D eigenvalue weighted by Crippen LogP contribution is -2.48. The van der Waals surface area contributed by atoms with Crippen LogP contribution in [0.4, 0.5) is 9.18 Å². The molecule has 0 radical (unpaired) electrons. The van der Waals surface area contributed by atoms with Gasteiger partial charge in [-0.25, -0.2) is 14.0 Å². The number of hydrogen-bond donors (Lipinski definition) is 1. The molecule has 0 bridgehead atoms. The number of aliphatic hydroxyl groups excluding tert-OH is 1. The van der Waals surface area contributed by atoms with E-state index in [2.05, 4.69) is 0 Å². The van der Waals surface area contributed by atoms with Gasteiger partial charge in [-0.15, -0.1) is 0 Å². The highest BCUT2D eigenvalue weighted by Crippen LogP contribution is 2.40. The van der Waals surface area contributed by atoms with Crippen molar-refractivity contribution in [2.24, 2.45) is 0 Å². The smallest absolute Gasteiger partial charge is 0.411 e. The van der Waals surface area contributed by atoms with E-state index in [1.54, 1.807) is 41.3 Å². The maximum absolute atomic E-state index is 13.4. The molecular formula is C23H26FNO5. The lowest BCUT2D eigenvalue weighted by Gasteiger charge is -2.43. The third-order valence-electron chi connectivity index (χ3n) is 5.66. The molecular weight excluding hydrogens is 389 g/mol. The summed E-state index contributed by atoms with van der Waals surface area (Å²) in [6.07, 6.45) is 0.981. The van der Waals surface area contributed by atoms with Crippen LogP contribution in [-0.4, -0.2) is 42.3 Å². The van der Waals surface area contributed by atoms with Crippen LogP contribution in [0.1, 0.15) is 53.7 Å².